The van der Waals surface area contributed by atoms with Crippen LogP contribution in [-0.4, -0.2) is 22.9 Å². The first-order valence-electron chi connectivity index (χ1n) is 11.7. The molecule has 0 spiro atoms. The lowest BCUT2D eigenvalue weighted by atomic mass is 9.95. The summed E-state index contributed by atoms with van der Waals surface area (Å²) in [4.78, 5) is 37.6. The maximum absolute atomic E-state index is 13.6. The smallest absolute Gasteiger partial charge is 0.261 e. The van der Waals surface area contributed by atoms with E-state index in [2.05, 4.69) is 5.32 Å². The number of hydrogen-bond donors (Lipinski definition) is 1. The topological polar surface area (TPSA) is 77.4 Å². The van der Waals surface area contributed by atoms with Crippen LogP contribution in [0.1, 0.15) is 40.7 Å². The van der Waals surface area contributed by atoms with Crippen LogP contribution >= 0.6 is 0 Å². The Morgan fingerprint density at radius 1 is 1.08 bits per heavy atom. The highest BCUT2D eigenvalue weighted by molar-refractivity contribution is 5.99. The van der Waals surface area contributed by atoms with Crippen molar-refractivity contribution in [1.82, 2.24) is 4.57 Å². The van der Waals surface area contributed by atoms with Crippen molar-refractivity contribution in [3.05, 3.63) is 93.2 Å². The lowest BCUT2D eigenvalue weighted by Gasteiger charge is -2.17. The van der Waals surface area contributed by atoms with Gasteiger partial charge in [-0.05, 0) is 60.2 Å². The van der Waals surface area contributed by atoms with Gasteiger partial charge in [-0.3, -0.25) is 14.4 Å². The van der Waals surface area contributed by atoms with E-state index >= 15 is 0 Å². The van der Waals surface area contributed by atoms with Gasteiger partial charge in [0.05, 0.1) is 25.1 Å². The molecule has 0 unspecified atom stereocenters. The number of benzene rings is 2. The third-order valence-corrected chi connectivity index (χ3v) is 6.62. The van der Waals surface area contributed by atoms with Crippen LogP contribution in [0, 0.1) is 29.3 Å². The van der Waals surface area contributed by atoms with Crippen LogP contribution in [0.15, 0.2) is 53.5 Å². The normalized spacial score (nSPS) is 15.4. The fourth-order valence-corrected chi connectivity index (χ4v) is 4.53. The lowest BCUT2D eigenvalue weighted by Crippen LogP contribution is -2.28. The molecule has 36 heavy (non-hydrogen) atoms. The fourth-order valence-electron chi connectivity index (χ4n) is 4.53. The molecule has 1 amide bonds. The molecule has 3 aromatic rings. The van der Waals surface area contributed by atoms with Crippen molar-refractivity contribution in [1.29, 1.82) is 0 Å². The number of ketones is 1. The third kappa shape index (κ3) is 5.05. The number of halogens is 3. The fraction of sp³-hybridized carbons (Fsp3) is 0.296. The molecule has 1 aliphatic carbocycles. The molecular weight excluding hydrogens is 473 g/mol. The molecule has 0 bridgehead atoms. The molecule has 2 aromatic carbocycles. The molecule has 2 heterocycles. The van der Waals surface area contributed by atoms with E-state index in [4.69, 9.17) is 4.74 Å². The summed E-state index contributed by atoms with van der Waals surface area (Å²) in [6, 6.07) is 10.00. The van der Waals surface area contributed by atoms with E-state index in [-0.39, 0.29) is 48.3 Å². The van der Waals surface area contributed by atoms with Crippen molar-refractivity contribution in [3.63, 3.8) is 0 Å². The maximum atomic E-state index is 13.6. The zero-order chi connectivity index (χ0) is 25.4. The van der Waals surface area contributed by atoms with Crippen LogP contribution in [0.4, 0.5) is 18.9 Å². The second kappa shape index (κ2) is 9.64. The van der Waals surface area contributed by atoms with E-state index in [0.717, 1.165) is 36.2 Å². The number of carbonyl (C=O) groups excluding carboxylic acids is 2. The molecule has 1 fully saturated rings. The van der Waals surface area contributed by atoms with Crippen molar-refractivity contribution in [2.75, 3.05) is 11.9 Å². The monoisotopic (exact) mass is 496 g/mol. The number of amides is 1. The molecule has 1 aliphatic heterocycles. The number of anilines is 1. The van der Waals surface area contributed by atoms with Crippen LogP contribution in [0.5, 0.6) is 5.75 Å². The summed E-state index contributed by atoms with van der Waals surface area (Å²) in [5.41, 5.74) is 1.09. The zero-order valence-corrected chi connectivity index (χ0v) is 19.2. The number of nitrogens with zero attached hydrogens (tertiary/aromatic N) is 1. The van der Waals surface area contributed by atoms with Gasteiger partial charge >= 0.3 is 0 Å². The SMILES string of the molecule is O=C1Cc2ccc(OC[C@H](CC(=O)c3cccn(Cc4cc(F)c(F)c(F)c4)c3=O)C3CC3)cc2N1. The van der Waals surface area contributed by atoms with Crippen molar-refractivity contribution < 1.29 is 27.5 Å². The summed E-state index contributed by atoms with van der Waals surface area (Å²) < 4.78 is 47.5. The molecule has 9 heteroatoms. The Bertz CT molecular complexity index is 1390. The second-order valence-electron chi connectivity index (χ2n) is 9.31. The minimum atomic E-state index is -1.58. The summed E-state index contributed by atoms with van der Waals surface area (Å²) >= 11 is 0. The van der Waals surface area contributed by atoms with Gasteiger partial charge in [-0.25, -0.2) is 13.2 Å². The Morgan fingerprint density at radius 3 is 2.56 bits per heavy atom. The number of Topliss-reactive ketones (excluding diaryl/α,β-unsaturated/α-hetero) is 1. The van der Waals surface area contributed by atoms with Crippen LogP contribution in [0.2, 0.25) is 0 Å². The molecule has 0 saturated heterocycles. The van der Waals surface area contributed by atoms with Crippen molar-refractivity contribution >= 4 is 17.4 Å². The van der Waals surface area contributed by atoms with E-state index in [9.17, 15) is 27.6 Å². The van der Waals surface area contributed by atoms with Gasteiger partial charge in [0.15, 0.2) is 23.2 Å². The van der Waals surface area contributed by atoms with E-state index in [0.29, 0.717) is 18.1 Å². The Kier molecular flexibility index (Phi) is 6.38. The van der Waals surface area contributed by atoms with Gasteiger partial charge in [0.25, 0.3) is 5.56 Å². The number of aromatic nitrogens is 1. The Hall–Kier alpha value is -3.88. The van der Waals surface area contributed by atoms with Crippen molar-refractivity contribution in [3.8, 4) is 5.75 Å². The van der Waals surface area contributed by atoms with E-state index in [1.165, 1.54) is 22.9 Å². The Balaban J connectivity index is 1.27. The molecule has 0 radical (unpaired) electrons. The summed E-state index contributed by atoms with van der Waals surface area (Å²) in [5, 5.41) is 2.78. The van der Waals surface area contributed by atoms with Crippen molar-refractivity contribution in [2.24, 2.45) is 11.8 Å². The minimum Gasteiger partial charge on any atom is -0.493 e. The molecule has 1 atom stereocenters. The van der Waals surface area contributed by atoms with Gasteiger partial charge in [-0.1, -0.05) is 6.07 Å². The van der Waals surface area contributed by atoms with Crippen LogP contribution in [0.25, 0.3) is 0 Å². The quantitative estimate of drug-likeness (QED) is 0.350. The predicted octanol–water partition coefficient (Wildman–Crippen LogP) is 4.49. The molecule has 186 valence electrons. The van der Waals surface area contributed by atoms with Gasteiger partial charge < -0.3 is 14.6 Å². The summed E-state index contributed by atoms with van der Waals surface area (Å²) in [5.74, 6) is -3.85. The average Bonchev–Trinajstić information content (AvgIpc) is 3.62. The van der Waals surface area contributed by atoms with Gasteiger partial charge in [-0.2, -0.15) is 0 Å². The van der Waals surface area contributed by atoms with Crippen molar-refractivity contribution in [2.45, 2.75) is 32.2 Å². The molecule has 1 saturated carbocycles. The standard InChI is InChI=1S/C27H23F3N2O4/c28-21-8-15(9-22(29)26(21)30)13-32-7-1-2-20(27(32)35)24(33)10-18(16-3-4-16)14-36-19-6-5-17-11-25(34)31-23(17)12-19/h1-2,5-9,12,16,18H,3-4,10-11,13-14H2,(H,31,34)/t18-/m0/s1. The highest BCUT2D eigenvalue weighted by atomic mass is 19.2. The number of ether oxygens (including phenoxy) is 1. The van der Waals surface area contributed by atoms with E-state index in [1.54, 1.807) is 12.1 Å². The molecule has 2 aliphatic rings. The molecule has 1 aromatic heterocycles. The number of nitrogens with one attached hydrogen (secondary N) is 1. The van der Waals surface area contributed by atoms with Gasteiger partial charge in [-0.15, -0.1) is 0 Å². The second-order valence-corrected chi connectivity index (χ2v) is 9.31. The number of rotatable bonds is 9. The van der Waals surface area contributed by atoms with Gasteiger partial charge in [0, 0.05) is 30.3 Å². The number of carbonyl (C=O) groups is 2. The number of pyridine rings is 1. The molecule has 1 N–H and O–H groups in total. The number of hydrogen-bond acceptors (Lipinski definition) is 4. The first-order valence-corrected chi connectivity index (χ1v) is 11.7. The molecule has 6 nitrogen and oxygen atoms in total. The van der Waals surface area contributed by atoms with Crippen LogP contribution < -0.4 is 15.6 Å². The van der Waals surface area contributed by atoms with Gasteiger partial charge in [0.2, 0.25) is 5.91 Å². The minimum absolute atomic E-state index is 0.0218. The van der Waals surface area contributed by atoms with Crippen LogP contribution in [0.3, 0.4) is 0 Å². The summed E-state index contributed by atoms with van der Waals surface area (Å²) in [6.07, 6.45) is 3.82. The summed E-state index contributed by atoms with van der Waals surface area (Å²) in [6.45, 7) is 0.0798. The average molecular weight is 496 g/mol. The van der Waals surface area contributed by atoms with Gasteiger partial charge in [0.1, 0.15) is 5.75 Å². The summed E-state index contributed by atoms with van der Waals surface area (Å²) in [7, 11) is 0. The molecule has 5 rings (SSSR count). The molecular formula is C27H23F3N2O4. The Morgan fingerprint density at radius 2 is 1.83 bits per heavy atom. The largest absolute Gasteiger partial charge is 0.493 e. The van der Waals surface area contributed by atoms with E-state index in [1.807, 2.05) is 6.07 Å². The lowest BCUT2D eigenvalue weighted by molar-refractivity contribution is -0.115. The highest BCUT2D eigenvalue weighted by Crippen LogP contribution is 2.39. The first-order chi connectivity index (χ1) is 17.3. The Labute approximate surface area is 204 Å². The highest BCUT2D eigenvalue weighted by Gasteiger charge is 2.34. The third-order valence-electron chi connectivity index (χ3n) is 6.62. The predicted molar refractivity (Wildman–Crippen MR) is 126 cm³/mol. The number of fused-ring (bicyclic) bond motifs is 1. The van der Waals surface area contributed by atoms with E-state index < -0.39 is 23.0 Å². The van der Waals surface area contributed by atoms with Crippen LogP contribution in [-0.2, 0) is 17.8 Å². The zero-order valence-electron chi connectivity index (χ0n) is 19.2. The maximum Gasteiger partial charge on any atom is 0.261 e. The first kappa shape index (κ1) is 23.8.